The lowest BCUT2D eigenvalue weighted by molar-refractivity contribution is 0.669. The van der Waals surface area contributed by atoms with Crippen LogP contribution in [-0.4, -0.2) is 19.5 Å². The SMILES string of the molecule is c1ccc(-c2ccc(-c3nc(-c4ccccc4)nc(-c4cccc5c4oc4ccc(-c6ccc7c(c6)oc6cccc(-n8c9ccccc9c9cc(-c%10ccccc%10)ccc98)c67)cc45)n3)cc2)cc1. The standard InChI is InChI=1S/C63H38N4O2/c1-4-14-39(15-5-1)41-26-28-43(29-27-41)62-64-61(42-18-8-3-9-19-42)65-63(66-62)50-22-12-21-48-52-37-45(32-35-56(52)69-60(48)50)46-30-33-49-58(38-46)68-57-25-13-24-55(59(49)57)67-53-23-11-10-20-47(53)51-36-44(31-34-54(51)67)40-16-6-2-7-17-40/h1-38H. The van der Waals surface area contributed by atoms with Crippen molar-refractivity contribution in [3.05, 3.63) is 231 Å². The van der Waals surface area contributed by atoms with Gasteiger partial charge in [-0.05, 0) is 94.0 Å². The number of nitrogens with zero attached hydrogens (tertiary/aromatic N) is 4. The summed E-state index contributed by atoms with van der Waals surface area (Å²) in [5.41, 5.74) is 16.0. The maximum Gasteiger partial charge on any atom is 0.167 e. The molecule has 14 aromatic rings. The summed E-state index contributed by atoms with van der Waals surface area (Å²) in [6.45, 7) is 0. The third-order valence-corrected chi connectivity index (χ3v) is 13.5. The average molecular weight is 883 g/mol. The maximum absolute atomic E-state index is 6.72. The zero-order valence-electron chi connectivity index (χ0n) is 37.0. The second-order valence-corrected chi connectivity index (χ2v) is 17.5. The van der Waals surface area contributed by atoms with Gasteiger partial charge in [-0.1, -0.05) is 170 Å². The van der Waals surface area contributed by atoms with Crippen LogP contribution in [0.4, 0.5) is 0 Å². The van der Waals surface area contributed by atoms with Crippen LogP contribution in [0.25, 0.3) is 139 Å². The average Bonchev–Trinajstić information content (AvgIpc) is 4.10. The number of aromatic nitrogens is 4. The molecule has 0 saturated heterocycles. The zero-order valence-corrected chi connectivity index (χ0v) is 37.0. The molecule has 0 fully saturated rings. The van der Waals surface area contributed by atoms with E-state index >= 15 is 0 Å². The van der Waals surface area contributed by atoms with Gasteiger partial charge in [0.05, 0.1) is 27.7 Å². The summed E-state index contributed by atoms with van der Waals surface area (Å²) >= 11 is 0. The number of hydrogen-bond acceptors (Lipinski definition) is 5. The fourth-order valence-electron chi connectivity index (χ4n) is 10.2. The molecule has 0 radical (unpaired) electrons. The van der Waals surface area contributed by atoms with Crippen LogP contribution in [0.3, 0.4) is 0 Å². The van der Waals surface area contributed by atoms with E-state index in [1.54, 1.807) is 0 Å². The number of rotatable bonds is 7. The van der Waals surface area contributed by atoms with E-state index in [9.17, 15) is 0 Å². The number of fused-ring (bicyclic) bond motifs is 9. The minimum Gasteiger partial charge on any atom is -0.456 e. The van der Waals surface area contributed by atoms with E-state index in [1.807, 2.05) is 42.5 Å². The molecule has 4 aromatic heterocycles. The Bertz CT molecular complexity index is 4290. The molecular formula is C63H38N4O2. The molecule has 69 heavy (non-hydrogen) atoms. The van der Waals surface area contributed by atoms with Gasteiger partial charge in [-0.2, -0.15) is 0 Å². The summed E-state index contributed by atoms with van der Waals surface area (Å²) in [5.74, 6) is 1.73. The van der Waals surface area contributed by atoms with Crippen LogP contribution in [0, 0.1) is 0 Å². The van der Waals surface area contributed by atoms with Gasteiger partial charge in [0.25, 0.3) is 0 Å². The molecule has 0 aliphatic heterocycles. The zero-order chi connectivity index (χ0) is 45.4. The molecule has 0 aliphatic carbocycles. The summed E-state index contributed by atoms with van der Waals surface area (Å²) in [6.07, 6.45) is 0. The Morgan fingerprint density at radius 1 is 0.290 bits per heavy atom. The summed E-state index contributed by atoms with van der Waals surface area (Å²) in [6, 6.07) is 80.4. The molecule has 10 aromatic carbocycles. The molecule has 0 atom stereocenters. The second kappa shape index (κ2) is 15.6. The molecule has 0 unspecified atom stereocenters. The Labute approximate surface area is 396 Å². The van der Waals surface area contributed by atoms with Crippen molar-refractivity contribution in [1.29, 1.82) is 0 Å². The first-order valence-electron chi connectivity index (χ1n) is 23.2. The highest BCUT2D eigenvalue weighted by Gasteiger charge is 2.21. The summed E-state index contributed by atoms with van der Waals surface area (Å²) in [7, 11) is 0. The van der Waals surface area contributed by atoms with E-state index in [4.69, 9.17) is 23.8 Å². The summed E-state index contributed by atoms with van der Waals surface area (Å²) in [4.78, 5) is 15.2. The molecular weight excluding hydrogens is 845 g/mol. The van der Waals surface area contributed by atoms with Crippen LogP contribution >= 0.6 is 0 Å². The van der Waals surface area contributed by atoms with Crippen molar-refractivity contribution in [3.63, 3.8) is 0 Å². The van der Waals surface area contributed by atoms with E-state index in [1.165, 1.54) is 21.9 Å². The second-order valence-electron chi connectivity index (χ2n) is 17.5. The first kappa shape index (κ1) is 38.8. The predicted molar refractivity (Wildman–Crippen MR) is 281 cm³/mol. The first-order valence-corrected chi connectivity index (χ1v) is 23.2. The van der Waals surface area contributed by atoms with Crippen molar-refractivity contribution in [1.82, 2.24) is 19.5 Å². The van der Waals surface area contributed by atoms with Crippen molar-refractivity contribution in [2.75, 3.05) is 0 Å². The first-order chi connectivity index (χ1) is 34.2. The van der Waals surface area contributed by atoms with E-state index in [0.29, 0.717) is 17.5 Å². The Morgan fingerprint density at radius 3 is 1.61 bits per heavy atom. The maximum atomic E-state index is 6.72. The minimum absolute atomic E-state index is 0.545. The van der Waals surface area contributed by atoms with E-state index in [-0.39, 0.29) is 0 Å². The van der Waals surface area contributed by atoms with Crippen molar-refractivity contribution >= 4 is 65.7 Å². The molecule has 0 spiro atoms. The number of benzene rings is 10. The smallest absolute Gasteiger partial charge is 0.167 e. The lowest BCUT2D eigenvalue weighted by atomic mass is 10.0. The highest BCUT2D eigenvalue weighted by molar-refractivity contribution is 6.16. The minimum atomic E-state index is 0.545. The Balaban J connectivity index is 0.859. The van der Waals surface area contributed by atoms with Crippen LogP contribution in [0.15, 0.2) is 239 Å². The van der Waals surface area contributed by atoms with Gasteiger partial charge in [-0.15, -0.1) is 0 Å². The number of para-hydroxylation sites is 2. The summed E-state index contributed by atoms with van der Waals surface area (Å²) in [5, 5.41) is 6.57. The van der Waals surface area contributed by atoms with E-state index in [2.05, 4.69) is 193 Å². The largest absolute Gasteiger partial charge is 0.456 e. The molecule has 14 rings (SSSR count). The van der Waals surface area contributed by atoms with Crippen molar-refractivity contribution < 1.29 is 8.83 Å². The molecule has 0 amide bonds. The fourth-order valence-corrected chi connectivity index (χ4v) is 10.2. The van der Waals surface area contributed by atoms with Gasteiger partial charge >= 0.3 is 0 Å². The fraction of sp³-hybridized carbons (Fsp3) is 0. The summed E-state index contributed by atoms with van der Waals surface area (Å²) < 4.78 is 15.8. The molecule has 6 heteroatoms. The number of hydrogen-bond donors (Lipinski definition) is 0. The molecule has 6 nitrogen and oxygen atoms in total. The van der Waals surface area contributed by atoms with Crippen LogP contribution in [0.5, 0.6) is 0 Å². The van der Waals surface area contributed by atoms with Gasteiger partial charge in [-0.25, -0.2) is 15.0 Å². The van der Waals surface area contributed by atoms with Crippen molar-refractivity contribution in [2.24, 2.45) is 0 Å². The third kappa shape index (κ3) is 6.45. The predicted octanol–water partition coefficient (Wildman–Crippen LogP) is 16.8. The molecule has 322 valence electrons. The van der Waals surface area contributed by atoms with Crippen molar-refractivity contribution in [3.8, 4) is 73.2 Å². The molecule has 0 saturated carbocycles. The molecule has 0 aliphatic rings. The van der Waals surface area contributed by atoms with Crippen LogP contribution in [0.1, 0.15) is 0 Å². The van der Waals surface area contributed by atoms with Crippen LogP contribution in [-0.2, 0) is 0 Å². The van der Waals surface area contributed by atoms with Gasteiger partial charge in [0.2, 0.25) is 0 Å². The van der Waals surface area contributed by atoms with Gasteiger partial charge < -0.3 is 13.4 Å². The monoisotopic (exact) mass is 882 g/mol. The number of furan rings is 2. The highest BCUT2D eigenvalue weighted by atomic mass is 16.3. The normalized spacial score (nSPS) is 11.8. The molecule has 0 N–H and O–H groups in total. The Morgan fingerprint density at radius 2 is 0.826 bits per heavy atom. The van der Waals surface area contributed by atoms with Gasteiger partial charge in [0.1, 0.15) is 22.3 Å². The third-order valence-electron chi connectivity index (χ3n) is 13.5. The van der Waals surface area contributed by atoms with Gasteiger partial charge in [-0.3, -0.25) is 0 Å². The van der Waals surface area contributed by atoms with Crippen LogP contribution in [0.2, 0.25) is 0 Å². The topological polar surface area (TPSA) is 69.9 Å². The van der Waals surface area contributed by atoms with Gasteiger partial charge in [0.15, 0.2) is 17.5 Å². The lowest BCUT2D eigenvalue weighted by Crippen LogP contribution is -2.00. The van der Waals surface area contributed by atoms with Crippen LogP contribution < -0.4 is 0 Å². The Hall–Kier alpha value is -9.39. The quantitative estimate of drug-likeness (QED) is 0.159. The highest BCUT2D eigenvalue weighted by Crippen LogP contribution is 2.42. The van der Waals surface area contributed by atoms with E-state index < -0.39 is 0 Å². The Kier molecular flexibility index (Phi) is 8.79. The van der Waals surface area contributed by atoms with Crippen molar-refractivity contribution in [2.45, 2.75) is 0 Å². The molecule has 4 heterocycles. The van der Waals surface area contributed by atoms with E-state index in [0.717, 1.165) is 99.5 Å². The molecule has 0 bridgehead atoms. The van der Waals surface area contributed by atoms with Gasteiger partial charge in [0, 0.05) is 38.1 Å². The lowest BCUT2D eigenvalue weighted by Gasteiger charge is -2.10.